The van der Waals surface area contributed by atoms with E-state index < -0.39 is 5.41 Å². The van der Waals surface area contributed by atoms with Crippen LogP contribution < -0.4 is 14.8 Å². The van der Waals surface area contributed by atoms with Gasteiger partial charge in [-0.3, -0.25) is 9.59 Å². The largest absolute Gasteiger partial charge is 0.454 e. The van der Waals surface area contributed by atoms with Gasteiger partial charge in [-0.2, -0.15) is 0 Å². The van der Waals surface area contributed by atoms with Gasteiger partial charge in [-0.1, -0.05) is 31.4 Å². The quantitative estimate of drug-likeness (QED) is 0.621. The van der Waals surface area contributed by atoms with Crippen LogP contribution in [0.5, 0.6) is 11.5 Å². The maximum absolute atomic E-state index is 13.7. The van der Waals surface area contributed by atoms with E-state index in [0.717, 1.165) is 62.0 Å². The molecule has 6 nitrogen and oxygen atoms in total. The minimum Gasteiger partial charge on any atom is -0.454 e. The van der Waals surface area contributed by atoms with E-state index in [-0.39, 0.29) is 30.2 Å². The summed E-state index contributed by atoms with van der Waals surface area (Å²) >= 11 is 0. The Morgan fingerprint density at radius 1 is 1.03 bits per heavy atom. The molecule has 2 aliphatic heterocycles. The maximum atomic E-state index is 13.7. The van der Waals surface area contributed by atoms with Crippen molar-refractivity contribution < 1.29 is 19.1 Å². The molecule has 5 saturated carbocycles. The lowest BCUT2D eigenvalue weighted by atomic mass is 9.46. The molecule has 8 rings (SSSR count). The fraction of sp³-hybridized carbons (Fsp3) is 0.724. The Hall–Kier alpha value is -2.24. The minimum absolute atomic E-state index is 0.0128. The first-order chi connectivity index (χ1) is 16.9. The number of carbonyl (C=O) groups excluding carboxylic acids is 2. The predicted octanol–water partition coefficient (Wildman–Crippen LogP) is 4.97. The number of benzene rings is 1. The summed E-state index contributed by atoms with van der Waals surface area (Å²) in [6, 6.07) is 6.65. The van der Waals surface area contributed by atoms with Gasteiger partial charge in [-0.05, 0) is 82.6 Å². The first kappa shape index (κ1) is 22.0. The molecule has 6 fully saturated rings. The maximum Gasteiger partial charge on any atom is 0.231 e. The minimum atomic E-state index is -0.466. The monoisotopic (exact) mass is 478 g/mol. The van der Waals surface area contributed by atoms with Crippen molar-refractivity contribution in [2.45, 2.75) is 96.2 Å². The third-order valence-corrected chi connectivity index (χ3v) is 10.4. The highest BCUT2D eigenvalue weighted by Gasteiger charge is 2.66. The van der Waals surface area contributed by atoms with Gasteiger partial charge in [0.1, 0.15) is 0 Å². The number of carbonyl (C=O) groups is 2. The molecule has 0 radical (unpaired) electrons. The van der Waals surface area contributed by atoms with Crippen molar-refractivity contribution in [2.75, 3.05) is 6.79 Å². The Morgan fingerprint density at radius 3 is 2.51 bits per heavy atom. The summed E-state index contributed by atoms with van der Waals surface area (Å²) in [6.07, 6.45) is 11.3. The first-order valence-corrected chi connectivity index (χ1v) is 13.9. The highest BCUT2D eigenvalue weighted by molar-refractivity contribution is 5.91. The topological polar surface area (TPSA) is 67.9 Å². The second-order valence-electron chi connectivity index (χ2n) is 13.0. The number of amides is 2. The Balaban J connectivity index is 1.17. The van der Waals surface area contributed by atoms with Gasteiger partial charge >= 0.3 is 0 Å². The van der Waals surface area contributed by atoms with Crippen molar-refractivity contribution in [1.29, 1.82) is 0 Å². The Labute approximate surface area is 208 Å². The summed E-state index contributed by atoms with van der Waals surface area (Å²) in [5.74, 6) is 3.60. The third-order valence-electron chi connectivity index (χ3n) is 10.4. The van der Waals surface area contributed by atoms with Crippen LogP contribution in [0.1, 0.15) is 89.7 Å². The number of nitrogens with one attached hydrogen (secondary N) is 1. The van der Waals surface area contributed by atoms with Crippen molar-refractivity contribution in [1.82, 2.24) is 10.2 Å². The van der Waals surface area contributed by atoms with E-state index in [1.807, 2.05) is 12.1 Å². The number of para-hydroxylation sites is 1. The van der Waals surface area contributed by atoms with Crippen LogP contribution >= 0.6 is 0 Å². The number of likely N-dealkylation sites (tertiary alicyclic amines) is 1. The van der Waals surface area contributed by atoms with Crippen LogP contribution in [-0.2, 0) is 9.59 Å². The number of fused-ring (bicyclic) bond motifs is 1. The van der Waals surface area contributed by atoms with E-state index in [1.165, 1.54) is 19.3 Å². The molecule has 188 valence electrons. The van der Waals surface area contributed by atoms with Gasteiger partial charge in [-0.25, -0.2) is 0 Å². The normalized spacial score (nSPS) is 39.0. The summed E-state index contributed by atoms with van der Waals surface area (Å²) in [6.45, 7) is 4.38. The summed E-state index contributed by atoms with van der Waals surface area (Å²) in [4.78, 5) is 29.5. The highest BCUT2D eigenvalue weighted by atomic mass is 16.7. The van der Waals surface area contributed by atoms with E-state index in [4.69, 9.17) is 9.47 Å². The molecule has 7 aliphatic rings. The Kier molecular flexibility index (Phi) is 4.79. The summed E-state index contributed by atoms with van der Waals surface area (Å²) in [5.41, 5.74) is 0.392. The molecule has 1 N–H and O–H groups in total. The molecule has 0 spiro atoms. The zero-order valence-corrected chi connectivity index (χ0v) is 21.1. The van der Waals surface area contributed by atoms with Gasteiger partial charge in [0, 0.05) is 17.6 Å². The smallest absolute Gasteiger partial charge is 0.231 e. The molecule has 35 heavy (non-hydrogen) atoms. The molecular weight excluding hydrogens is 440 g/mol. The van der Waals surface area contributed by atoms with Crippen molar-refractivity contribution >= 4 is 11.8 Å². The van der Waals surface area contributed by atoms with Crippen LogP contribution in [0.25, 0.3) is 0 Å². The van der Waals surface area contributed by atoms with Gasteiger partial charge in [0.15, 0.2) is 11.5 Å². The number of hydrogen-bond donors (Lipinski definition) is 1. The molecule has 0 aromatic heterocycles. The van der Waals surface area contributed by atoms with Crippen LogP contribution in [-0.4, -0.2) is 35.6 Å². The zero-order valence-electron chi connectivity index (χ0n) is 21.1. The number of β-lactam (4-membered cyclic amide) rings is 1. The first-order valence-electron chi connectivity index (χ1n) is 13.9. The molecule has 2 amide bonds. The molecule has 6 atom stereocenters. The number of rotatable bonds is 4. The van der Waals surface area contributed by atoms with Crippen LogP contribution in [0.2, 0.25) is 0 Å². The molecule has 1 aromatic rings. The van der Waals surface area contributed by atoms with Crippen LogP contribution in [0.3, 0.4) is 0 Å². The van der Waals surface area contributed by atoms with E-state index in [2.05, 4.69) is 30.1 Å². The van der Waals surface area contributed by atoms with Crippen molar-refractivity contribution in [3.05, 3.63) is 23.8 Å². The van der Waals surface area contributed by atoms with Crippen LogP contribution in [0.15, 0.2) is 18.2 Å². The van der Waals surface area contributed by atoms with Gasteiger partial charge in [0.05, 0.1) is 16.9 Å². The second kappa shape index (κ2) is 7.63. The molecule has 4 bridgehead atoms. The number of hydrogen-bond acceptors (Lipinski definition) is 4. The van der Waals surface area contributed by atoms with Crippen molar-refractivity contribution in [3.63, 3.8) is 0 Å². The molecular formula is C29H38N2O4. The van der Waals surface area contributed by atoms with Crippen LogP contribution in [0.4, 0.5) is 0 Å². The molecule has 5 unspecified atom stereocenters. The summed E-state index contributed by atoms with van der Waals surface area (Å²) in [5, 5.41) is 3.48. The highest BCUT2D eigenvalue weighted by Crippen LogP contribution is 2.65. The van der Waals surface area contributed by atoms with Crippen LogP contribution in [0, 0.1) is 28.6 Å². The Morgan fingerprint density at radius 2 is 1.77 bits per heavy atom. The van der Waals surface area contributed by atoms with Crippen molar-refractivity contribution in [3.8, 4) is 11.5 Å². The van der Waals surface area contributed by atoms with Gasteiger partial charge in [-0.15, -0.1) is 0 Å². The molecule has 1 saturated heterocycles. The van der Waals surface area contributed by atoms with E-state index in [1.54, 1.807) is 0 Å². The van der Waals surface area contributed by atoms with Crippen molar-refractivity contribution in [2.24, 2.45) is 28.6 Å². The molecule has 5 aliphatic carbocycles. The third kappa shape index (κ3) is 3.13. The van der Waals surface area contributed by atoms with Gasteiger partial charge in [0.25, 0.3) is 0 Å². The van der Waals surface area contributed by atoms with Gasteiger partial charge < -0.3 is 19.7 Å². The fourth-order valence-electron chi connectivity index (χ4n) is 9.18. The lowest BCUT2D eigenvalue weighted by Crippen LogP contribution is -2.71. The predicted molar refractivity (Wildman–Crippen MR) is 131 cm³/mol. The standard InChI is InChI=1S/C29H38N2O4/c1-28(2)25(21-9-6-10-22-24(21)35-16-34-22)31(27(28)33)23-18-11-17-12-19(23)15-29(13-17,14-18)26(32)30-20-7-4-3-5-8-20/h6,9-10,17-20,23,25H,3-5,7-8,11-16H2,1-2H3,(H,30,32)/t17?,18-,19?,23?,25?,29?/m0/s1. The lowest BCUT2D eigenvalue weighted by molar-refractivity contribution is -0.199. The molecule has 1 aromatic carbocycles. The van der Waals surface area contributed by atoms with E-state index >= 15 is 0 Å². The van der Waals surface area contributed by atoms with Gasteiger partial charge in [0.2, 0.25) is 18.6 Å². The second-order valence-corrected chi connectivity index (χ2v) is 13.0. The SMILES string of the molecule is CC1(C)C(=O)N(C2C3CC4C[C@H]2CC(C(=O)NC2CCCCC2)(C4)C3)C1c1cccc2c1OCO2. The fourth-order valence-corrected chi connectivity index (χ4v) is 9.18. The summed E-state index contributed by atoms with van der Waals surface area (Å²) in [7, 11) is 0. The molecule has 6 heteroatoms. The zero-order chi connectivity index (χ0) is 23.9. The lowest BCUT2D eigenvalue weighted by Gasteiger charge is -2.66. The number of ether oxygens (including phenoxy) is 2. The number of nitrogens with zero attached hydrogens (tertiary/aromatic N) is 1. The average molecular weight is 479 g/mol. The van der Waals surface area contributed by atoms with E-state index in [0.29, 0.717) is 29.7 Å². The Bertz CT molecular complexity index is 1040. The molecule has 2 heterocycles. The average Bonchev–Trinajstić information content (AvgIpc) is 3.33. The van der Waals surface area contributed by atoms with E-state index in [9.17, 15) is 9.59 Å². The summed E-state index contributed by atoms with van der Waals surface area (Å²) < 4.78 is 11.5.